The van der Waals surface area contributed by atoms with E-state index in [1.165, 1.54) is 0 Å². The molecule has 1 N–H and O–H groups in total. The van der Waals surface area contributed by atoms with E-state index in [0.29, 0.717) is 34.9 Å². The highest BCUT2D eigenvalue weighted by Gasteiger charge is 2.30. The molecular weight excluding hydrogens is 264 g/mol. The second kappa shape index (κ2) is 4.47. The van der Waals surface area contributed by atoms with Crippen molar-refractivity contribution >= 4 is 28.4 Å². The molecule has 0 radical (unpaired) electrons. The molecule has 98 valence electrons. The Morgan fingerprint density at radius 1 is 1.47 bits per heavy atom. The van der Waals surface area contributed by atoms with E-state index in [0.717, 1.165) is 5.39 Å². The fourth-order valence-corrected chi connectivity index (χ4v) is 2.49. The van der Waals surface area contributed by atoms with Crippen LogP contribution in [0.25, 0.3) is 10.9 Å². The number of pyridine rings is 1. The summed E-state index contributed by atoms with van der Waals surface area (Å²) in [6.07, 6.45) is -0.396. The number of aliphatic hydroxyl groups is 1. The minimum atomic E-state index is -0.396. The van der Waals surface area contributed by atoms with Gasteiger partial charge in [0.15, 0.2) is 0 Å². The Labute approximate surface area is 115 Å². The summed E-state index contributed by atoms with van der Waals surface area (Å²) in [5.41, 5.74) is 1.94. The SMILES string of the molecule is Cc1nc2c(Cl)cccc2cc1C(=O)N1CC(O)C1. The average Bonchev–Trinajstić information content (AvgIpc) is 2.35. The number of aromatic nitrogens is 1. The number of aliphatic hydroxyl groups excluding tert-OH is 1. The van der Waals surface area contributed by atoms with Crippen LogP contribution in [0.1, 0.15) is 16.1 Å². The van der Waals surface area contributed by atoms with Crippen molar-refractivity contribution in [1.82, 2.24) is 9.88 Å². The molecule has 5 heteroatoms. The van der Waals surface area contributed by atoms with E-state index in [9.17, 15) is 9.90 Å². The zero-order valence-corrected chi connectivity index (χ0v) is 11.2. The lowest BCUT2D eigenvalue weighted by molar-refractivity contribution is 0.00582. The number of likely N-dealkylation sites (tertiary alicyclic amines) is 1. The molecule has 3 rings (SSSR count). The topological polar surface area (TPSA) is 53.4 Å². The third-order valence-corrected chi connectivity index (χ3v) is 3.67. The second-order valence-corrected chi connectivity index (χ2v) is 5.20. The molecule has 2 heterocycles. The Morgan fingerprint density at radius 2 is 2.21 bits per heavy atom. The molecular formula is C14H13ClN2O2. The van der Waals surface area contributed by atoms with Gasteiger partial charge >= 0.3 is 0 Å². The molecule has 1 aliphatic heterocycles. The van der Waals surface area contributed by atoms with Gasteiger partial charge in [-0.25, -0.2) is 0 Å². The third-order valence-electron chi connectivity index (χ3n) is 3.37. The maximum absolute atomic E-state index is 12.3. The number of hydrogen-bond donors (Lipinski definition) is 1. The van der Waals surface area contributed by atoms with Crippen molar-refractivity contribution in [2.24, 2.45) is 0 Å². The molecule has 0 unspecified atom stereocenters. The lowest BCUT2D eigenvalue weighted by Crippen LogP contribution is -2.53. The number of halogens is 1. The van der Waals surface area contributed by atoms with Gasteiger partial charge in [0.05, 0.1) is 27.9 Å². The van der Waals surface area contributed by atoms with E-state index in [1.54, 1.807) is 17.9 Å². The predicted octanol–water partition coefficient (Wildman–Crippen LogP) is 2.01. The highest BCUT2D eigenvalue weighted by atomic mass is 35.5. The Balaban J connectivity index is 2.04. The first-order valence-electron chi connectivity index (χ1n) is 6.09. The van der Waals surface area contributed by atoms with Crippen molar-refractivity contribution in [2.45, 2.75) is 13.0 Å². The average molecular weight is 277 g/mol. The number of carbonyl (C=O) groups is 1. The van der Waals surface area contributed by atoms with Gasteiger partial charge < -0.3 is 10.0 Å². The van der Waals surface area contributed by atoms with Crippen LogP contribution in [0.2, 0.25) is 5.02 Å². The molecule has 0 atom stereocenters. The fourth-order valence-electron chi connectivity index (χ4n) is 2.26. The normalized spacial score (nSPS) is 15.6. The molecule has 0 saturated carbocycles. The molecule has 1 aromatic heterocycles. The van der Waals surface area contributed by atoms with Crippen LogP contribution in [-0.4, -0.2) is 40.1 Å². The van der Waals surface area contributed by atoms with Crippen LogP contribution < -0.4 is 0 Å². The highest BCUT2D eigenvalue weighted by molar-refractivity contribution is 6.35. The molecule has 4 nitrogen and oxygen atoms in total. The number of carbonyl (C=O) groups excluding carboxylic acids is 1. The van der Waals surface area contributed by atoms with Gasteiger partial charge in [0.2, 0.25) is 0 Å². The van der Waals surface area contributed by atoms with E-state index in [1.807, 2.05) is 18.2 Å². The molecule has 1 aliphatic rings. The first-order valence-corrected chi connectivity index (χ1v) is 6.47. The zero-order chi connectivity index (χ0) is 13.6. The van der Waals surface area contributed by atoms with Crippen molar-refractivity contribution in [2.75, 3.05) is 13.1 Å². The van der Waals surface area contributed by atoms with Crippen molar-refractivity contribution in [1.29, 1.82) is 0 Å². The molecule has 0 spiro atoms. The summed E-state index contributed by atoms with van der Waals surface area (Å²) in [4.78, 5) is 18.3. The number of fused-ring (bicyclic) bond motifs is 1. The monoisotopic (exact) mass is 276 g/mol. The number of β-amino-alcohol motifs (C(OH)–C–C–N with tert-alkyl or cyclic N) is 1. The predicted molar refractivity (Wildman–Crippen MR) is 73.4 cm³/mol. The van der Waals surface area contributed by atoms with Gasteiger partial charge in [-0.2, -0.15) is 0 Å². The van der Waals surface area contributed by atoms with E-state index in [-0.39, 0.29) is 5.91 Å². The third kappa shape index (κ3) is 2.07. The molecule has 2 aromatic rings. The molecule has 19 heavy (non-hydrogen) atoms. The Kier molecular flexibility index (Phi) is 2.92. The lowest BCUT2D eigenvalue weighted by Gasteiger charge is -2.36. The summed E-state index contributed by atoms with van der Waals surface area (Å²) >= 11 is 6.09. The number of amides is 1. The second-order valence-electron chi connectivity index (χ2n) is 4.80. The quantitative estimate of drug-likeness (QED) is 0.867. The zero-order valence-electron chi connectivity index (χ0n) is 10.4. The maximum Gasteiger partial charge on any atom is 0.255 e. The van der Waals surface area contributed by atoms with Crippen LogP contribution >= 0.6 is 11.6 Å². The van der Waals surface area contributed by atoms with E-state index in [2.05, 4.69) is 4.98 Å². The number of benzene rings is 1. The summed E-state index contributed by atoms with van der Waals surface area (Å²) in [7, 11) is 0. The summed E-state index contributed by atoms with van der Waals surface area (Å²) in [6, 6.07) is 7.32. The van der Waals surface area contributed by atoms with E-state index < -0.39 is 6.10 Å². The van der Waals surface area contributed by atoms with Gasteiger partial charge in [-0.05, 0) is 19.1 Å². The van der Waals surface area contributed by atoms with E-state index >= 15 is 0 Å². The summed E-state index contributed by atoms with van der Waals surface area (Å²) in [6.45, 7) is 2.59. The minimum absolute atomic E-state index is 0.0859. The number of rotatable bonds is 1. The Morgan fingerprint density at radius 3 is 2.89 bits per heavy atom. The van der Waals surface area contributed by atoms with Gasteiger partial charge in [-0.15, -0.1) is 0 Å². The van der Waals surface area contributed by atoms with Crippen LogP contribution in [-0.2, 0) is 0 Å². The van der Waals surface area contributed by atoms with Crippen LogP contribution in [0.15, 0.2) is 24.3 Å². The van der Waals surface area contributed by atoms with Crippen LogP contribution in [0.5, 0.6) is 0 Å². The van der Waals surface area contributed by atoms with Crippen LogP contribution in [0.3, 0.4) is 0 Å². The standard InChI is InChI=1S/C14H13ClN2O2/c1-8-11(14(19)17-6-10(18)7-17)5-9-3-2-4-12(15)13(9)16-8/h2-5,10,18H,6-7H2,1H3. The van der Waals surface area contributed by atoms with Gasteiger partial charge in [0.1, 0.15) is 0 Å². The molecule has 1 amide bonds. The number of nitrogens with zero attached hydrogens (tertiary/aromatic N) is 2. The molecule has 1 aromatic carbocycles. The van der Waals surface area contributed by atoms with Gasteiger partial charge in [0, 0.05) is 18.5 Å². The van der Waals surface area contributed by atoms with Gasteiger partial charge in [-0.3, -0.25) is 9.78 Å². The largest absolute Gasteiger partial charge is 0.389 e. The Hall–Kier alpha value is -1.65. The van der Waals surface area contributed by atoms with Crippen LogP contribution in [0, 0.1) is 6.92 Å². The Bertz CT molecular complexity index is 666. The molecule has 0 bridgehead atoms. The highest BCUT2D eigenvalue weighted by Crippen LogP contribution is 2.25. The fraction of sp³-hybridized carbons (Fsp3) is 0.286. The number of aryl methyl sites for hydroxylation is 1. The van der Waals surface area contributed by atoms with Crippen molar-refractivity contribution < 1.29 is 9.90 Å². The van der Waals surface area contributed by atoms with Crippen molar-refractivity contribution in [3.63, 3.8) is 0 Å². The first kappa shape index (κ1) is 12.4. The van der Waals surface area contributed by atoms with Crippen LogP contribution in [0.4, 0.5) is 0 Å². The number of para-hydroxylation sites is 1. The van der Waals surface area contributed by atoms with E-state index in [4.69, 9.17) is 11.6 Å². The summed E-state index contributed by atoms with van der Waals surface area (Å²) in [5.74, 6) is -0.0859. The molecule has 0 aliphatic carbocycles. The lowest BCUT2D eigenvalue weighted by atomic mass is 10.1. The minimum Gasteiger partial charge on any atom is -0.389 e. The smallest absolute Gasteiger partial charge is 0.255 e. The summed E-state index contributed by atoms with van der Waals surface area (Å²) < 4.78 is 0. The van der Waals surface area contributed by atoms with Gasteiger partial charge in [0.25, 0.3) is 5.91 Å². The first-order chi connectivity index (χ1) is 9.06. The molecule has 1 fully saturated rings. The number of hydrogen-bond acceptors (Lipinski definition) is 3. The molecule has 1 saturated heterocycles. The van der Waals surface area contributed by atoms with Crippen molar-refractivity contribution in [3.8, 4) is 0 Å². The summed E-state index contributed by atoms with van der Waals surface area (Å²) in [5, 5.41) is 10.7. The van der Waals surface area contributed by atoms with Gasteiger partial charge in [-0.1, -0.05) is 23.7 Å². The maximum atomic E-state index is 12.3. The van der Waals surface area contributed by atoms with Crippen molar-refractivity contribution in [3.05, 3.63) is 40.5 Å².